The monoisotopic (exact) mass is 324 g/mol. The Morgan fingerprint density at radius 3 is 3.09 bits per heavy atom. The summed E-state index contributed by atoms with van der Waals surface area (Å²) in [5, 5.41) is 5.53. The molecule has 0 saturated heterocycles. The quantitative estimate of drug-likeness (QED) is 0.779. The Balaban J connectivity index is 1.57. The van der Waals surface area contributed by atoms with Gasteiger partial charge in [-0.15, -0.1) is 0 Å². The van der Waals surface area contributed by atoms with Gasteiger partial charge in [-0.2, -0.15) is 0 Å². The number of halogens is 1. The fraction of sp³-hybridized carbons (Fsp3) is 0.111. The summed E-state index contributed by atoms with van der Waals surface area (Å²) in [7, 11) is 0. The Labute approximate surface area is 138 Å². The molecule has 0 saturated carbocycles. The molecule has 1 N–H and O–H groups in total. The van der Waals surface area contributed by atoms with Gasteiger partial charge in [0, 0.05) is 40.3 Å². The normalized spacial score (nSPS) is 16.0. The van der Waals surface area contributed by atoms with Gasteiger partial charge in [0.25, 0.3) is 5.91 Å². The van der Waals surface area contributed by atoms with Gasteiger partial charge in [0.2, 0.25) is 0 Å². The van der Waals surface area contributed by atoms with Crippen LogP contribution in [-0.2, 0) is 11.2 Å². The van der Waals surface area contributed by atoms with Crippen LogP contribution in [0.3, 0.4) is 0 Å². The van der Waals surface area contributed by atoms with E-state index in [9.17, 15) is 4.79 Å². The minimum atomic E-state index is -0.541. The number of nitrogens with zero attached hydrogens (tertiary/aromatic N) is 1. The van der Waals surface area contributed by atoms with Crippen molar-refractivity contribution in [1.82, 2.24) is 4.98 Å². The first kappa shape index (κ1) is 14.0. The Kier molecular flexibility index (Phi) is 3.39. The third-order valence-corrected chi connectivity index (χ3v) is 4.16. The third kappa shape index (κ3) is 2.62. The fourth-order valence-corrected chi connectivity index (χ4v) is 3.00. The maximum atomic E-state index is 12.5. The highest BCUT2D eigenvalue weighted by Gasteiger charge is 2.29. The summed E-state index contributed by atoms with van der Waals surface area (Å²) in [4.78, 5) is 16.6. The molecule has 0 fully saturated rings. The van der Waals surface area contributed by atoms with Crippen LogP contribution in [0.1, 0.15) is 5.56 Å². The molecule has 0 aliphatic carbocycles. The SMILES string of the molecule is O=C(Nc1cccc2cnccc12)[C@H]1Cc2cc(Cl)ccc2O1. The molecule has 1 aromatic heterocycles. The number of nitrogens with one attached hydrogen (secondary N) is 1. The predicted octanol–water partition coefficient (Wildman–Crippen LogP) is 3.83. The molecule has 0 unspecified atom stereocenters. The van der Waals surface area contributed by atoms with Crippen LogP contribution in [0.5, 0.6) is 5.75 Å². The summed E-state index contributed by atoms with van der Waals surface area (Å²) in [5.41, 5.74) is 1.72. The zero-order valence-electron chi connectivity index (χ0n) is 12.1. The summed E-state index contributed by atoms with van der Waals surface area (Å²) < 4.78 is 5.72. The summed E-state index contributed by atoms with van der Waals surface area (Å²) in [6.07, 6.45) is 3.46. The number of rotatable bonds is 2. The van der Waals surface area contributed by atoms with Gasteiger partial charge in [0.05, 0.1) is 0 Å². The van der Waals surface area contributed by atoms with Crippen LogP contribution in [0.25, 0.3) is 10.8 Å². The molecule has 2 aromatic carbocycles. The molecular formula is C18H13ClN2O2. The smallest absolute Gasteiger partial charge is 0.265 e. The average molecular weight is 325 g/mol. The van der Waals surface area contributed by atoms with Crippen molar-refractivity contribution in [2.24, 2.45) is 0 Å². The van der Waals surface area contributed by atoms with Crippen molar-refractivity contribution in [2.75, 3.05) is 5.32 Å². The van der Waals surface area contributed by atoms with E-state index in [1.54, 1.807) is 24.5 Å². The van der Waals surface area contributed by atoms with Gasteiger partial charge < -0.3 is 10.1 Å². The second kappa shape index (κ2) is 5.56. The fourth-order valence-electron chi connectivity index (χ4n) is 2.81. The maximum Gasteiger partial charge on any atom is 0.265 e. The van der Waals surface area contributed by atoms with E-state index in [0.29, 0.717) is 11.4 Å². The van der Waals surface area contributed by atoms with Crippen LogP contribution < -0.4 is 10.1 Å². The van der Waals surface area contributed by atoms with E-state index in [0.717, 1.165) is 27.8 Å². The van der Waals surface area contributed by atoms with Gasteiger partial charge in [-0.05, 0) is 35.9 Å². The summed E-state index contributed by atoms with van der Waals surface area (Å²) in [5.74, 6) is 0.554. The predicted molar refractivity (Wildman–Crippen MR) is 89.9 cm³/mol. The summed E-state index contributed by atoms with van der Waals surface area (Å²) in [6.45, 7) is 0. The standard InChI is InChI=1S/C18H13ClN2O2/c19-13-4-5-16-12(8-13)9-17(23-16)18(22)21-15-3-1-2-11-10-20-7-6-14(11)15/h1-8,10,17H,9H2,(H,21,22)/t17-/m1/s1. The van der Waals surface area contributed by atoms with E-state index in [2.05, 4.69) is 10.3 Å². The molecule has 0 bridgehead atoms. The van der Waals surface area contributed by atoms with Crippen molar-refractivity contribution >= 4 is 34.0 Å². The van der Waals surface area contributed by atoms with Crippen molar-refractivity contribution < 1.29 is 9.53 Å². The molecule has 4 nitrogen and oxygen atoms in total. The molecular weight excluding hydrogens is 312 g/mol. The van der Waals surface area contributed by atoms with Gasteiger partial charge in [-0.25, -0.2) is 0 Å². The third-order valence-electron chi connectivity index (χ3n) is 3.93. The first-order chi connectivity index (χ1) is 11.2. The Morgan fingerprint density at radius 1 is 1.26 bits per heavy atom. The first-order valence-electron chi connectivity index (χ1n) is 7.29. The number of aromatic nitrogens is 1. The van der Waals surface area contributed by atoms with Crippen LogP contribution in [0.4, 0.5) is 5.69 Å². The van der Waals surface area contributed by atoms with Gasteiger partial charge in [0.15, 0.2) is 6.10 Å². The highest BCUT2D eigenvalue weighted by Crippen LogP contribution is 2.32. The van der Waals surface area contributed by atoms with Crippen molar-refractivity contribution in [3.63, 3.8) is 0 Å². The van der Waals surface area contributed by atoms with E-state index in [4.69, 9.17) is 16.3 Å². The molecule has 1 amide bonds. The second-order valence-electron chi connectivity index (χ2n) is 5.45. The average Bonchev–Trinajstić information content (AvgIpc) is 2.98. The molecule has 5 heteroatoms. The van der Waals surface area contributed by atoms with Crippen LogP contribution in [-0.4, -0.2) is 17.0 Å². The molecule has 3 aromatic rings. The number of carbonyl (C=O) groups is 1. The number of ether oxygens (including phenoxy) is 1. The van der Waals surface area contributed by atoms with E-state index in [-0.39, 0.29) is 5.91 Å². The molecule has 1 aliphatic heterocycles. The maximum absolute atomic E-state index is 12.5. The van der Waals surface area contributed by atoms with Crippen LogP contribution in [0, 0.1) is 0 Å². The topological polar surface area (TPSA) is 51.2 Å². The Hall–Kier alpha value is -2.59. The lowest BCUT2D eigenvalue weighted by atomic mass is 10.1. The molecule has 0 spiro atoms. The van der Waals surface area contributed by atoms with Crippen molar-refractivity contribution in [1.29, 1.82) is 0 Å². The molecule has 23 heavy (non-hydrogen) atoms. The molecule has 1 aliphatic rings. The van der Waals surface area contributed by atoms with Crippen LogP contribution >= 0.6 is 11.6 Å². The van der Waals surface area contributed by atoms with Crippen molar-refractivity contribution in [3.05, 3.63) is 65.4 Å². The molecule has 0 radical (unpaired) electrons. The number of amides is 1. The van der Waals surface area contributed by atoms with Crippen molar-refractivity contribution in [3.8, 4) is 5.75 Å². The number of fused-ring (bicyclic) bond motifs is 2. The number of benzene rings is 2. The van der Waals surface area contributed by atoms with Crippen LogP contribution in [0.2, 0.25) is 5.02 Å². The molecule has 4 rings (SSSR count). The summed E-state index contributed by atoms with van der Waals surface area (Å²) in [6, 6.07) is 13.0. The Morgan fingerprint density at radius 2 is 2.17 bits per heavy atom. The van der Waals surface area contributed by atoms with Gasteiger partial charge in [-0.1, -0.05) is 23.7 Å². The van der Waals surface area contributed by atoms with E-state index in [1.807, 2.05) is 30.3 Å². The number of hydrogen-bond donors (Lipinski definition) is 1. The van der Waals surface area contributed by atoms with E-state index >= 15 is 0 Å². The van der Waals surface area contributed by atoms with Crippen LogP contribution in [0.15, 0.2) is 54.9 Å². The minimum Gasteiger partial charge on any atom is -0.480 e. The molecule has 114 valence electrons. The number of anilines is 1. The van der Waals surface area contributed by atoms with E-state index in [1.165, 1.54) is 0 Å². The zero-order chi connectivity index (χ0) is 15.8. The zero-order valence-corrected chi connectivity index (χ0v) is 12.9. The van der Waals surface area contributed by atoms with Crippen molar-refractivity contribution in [2.45, 2.75) is 12.5 Å². The largest absolute Gasteiger partial charge is 0.480 e. The van der Waals surface area contributed by atoms with E-state index < -0.39 is 6.10 Å². The lowest BCUT2D eigenvalue weighted by Crippen LogP contribution is -2.31. The number of hydrogen-bond acceptors (Lipinski definition) is 3. The van der Waals surface area contributed by atoms with Gasteiger partial charge in [-0.3, -0.25) is 9.78 Å². The first-order valence-corrected chi connectivity index (χ1v) is 7.67. The highest BCUT2D eigenvalue weighted by atomic mass is 35.5. The van der Waals surface area contributed by atoms with Gasteiger partial charge in [0.1, 0.15) is 5.75 Å². The number of pyridine rings is 1. The summed E-state index contributed by atoms with van der Waals surface area (Å²) >= 11 is 5.98. The Bertz CT molecular complexity index is 905. The molecule has 2 heterocycles. The second-order valence-corrected chi connectivity index (χ2v) is 5.89. The highest BCUT2D eigenvalue weighted by molar-refractivity contribution is 6.30. The molecule has 1 atom stereocenters. The number of carbonyl (C=O) groups excluding carboxylic acids is 1. The lowest BCUT2D eigenvalue weighted by molar-refractivity contribution is -0.122. The lowest BCUT2D eigenvalue weighted by Gasteiger charge is -2.13. The minimum absolute atomic E-state index is 0.165. The van der Waals surface area contributed by atoms with Gasteiger partial charge >= 0.3 is 0 Å².